The third-order valence-corrected chi connectivity index (χ3v) is 2.35. The predicted molar refractivity (Wildman–Crippen MR) is 56.8 cm³/mol. The van der Waals surface area contributed by atoms with Crippen molar-refractivity contribution in [2.24, 2.45) is 0 Å². The fourth-order valence-electron chi connectivity index (χ4n) is 1.46. The summed E-state index contributed by atoms with van der Waals surface area (Å²) in [5.74, 6) is -1.29. The highest BCUT2D eigenvalue weighted by Gasteiger charge is 2.09. The zero-order chi connectivity index (χ0) is 11.7. The first-order valence-electron chi connectivity index (χ1n) is 4.80. The van der Waals surface area contributed by atoms with Crippen LogP contribution in [0.2, 0.25) is 0 Å². The zero-order valence-corrected chi connectivity index (χ0v) is 8.74. The van der Waals surface area contributed by atoms with E-state index in [9.17, 15) is 8.78 Å². The Kier molecular flexibility index (Phi) is 2.60. The molecule has 1 aromatic heterocycles. The molecule has 0 bridgehead atoms. The number of hydrogen-bond donors (Lipinski definition) is 1. The van der Waals surface area contributed by atoms with Gasteiger partial charge in [0.2, 0.25) is 0 Å². The summed E-state index contributed by atoms with van der Waals surface area (Å²) in [6.45, 7) is 1.97. The number of nitrogens with two attached hydrogens (primary N) is 1. The van der Waals surface area contributed by atoms with E-state index < -0.39 is 11.6 Å². The van der Waals surface area contributed by atoms with E-state index in [0.29, 0.717) is 5.82 Å². The Bertz CT molecular complexity index is 500. The minimum Gasteiger partial charge on any atom is -0.382 e. The molecule has 2 N–H and O–H groups in total. The van der Waals surface area contributed by atoms with Gasteiger partial charge in [0.15, 0.2) is 11.6 Å². The topological polar surface area (TPSA) is 43.8 Å². The largest absolute Gasteiger partial charge is 0.382 e. The smallest absolute Gasteiger partial charge is 0.163 e. The van der Waals surface area contributed by atoms with Gasteiger partial charge in [0.05, 0.1) is 6.54 Å². The van der Waals surface area contributed by atoms with Crippen molar-refractivity contribution in [3.63, 3.8) is 0 Å². The molecule has 2 rings (SSSR count). The lowest BCUT2D eigenvalue weighted by Crippen LogP contribution is -2.04. The van der Waals surface area contributed by atoms with Crippen LogP contribution in [0, 0.1) is 18.6 Å². The van der Waals surface area contributed by atoms with Crippen LogP contribution in [-0.2, 0) is 6.54 Å². The number of rotatable bonds is 2. The van der Waals surface area contributed by atoms with E-state index >= 15 is 0 Å². The highest BCUT2D eigenvalue weighted by molar-refractivity contribution is 5.36. The first-order chi connectivity index (χ1) is 7.58. The van der Waals surface area contributed by atoms with Crippen molar-refractivity contribution in [3.05, 3.63) is 47.2 Å². The van der Waals surface area contributed by atoms with Crippen LogP contribution in [0.15, 0.2) is 24.4 Å². The van der Waals surface area contributed by atoms with Crippen molar-refractivity contribution in [3.8, 4) is 0 Å². The lowest BCUT2D eigenvalue weighted by molar-refractivity contribution is 0.492. The summed E-state index contributed by atoms with van der Waals surface area (Å²) in [5, 5.41) is 3.98. The Morgan fingerprint density at radius 3 is 2.75 bits per heavy atom. The second-order valence-electron chi connectivity index (χ2n) is 3.61. The van der Waals surface area contributed by atoms with Crippen LogP contribution >= 0.6 is 0 Å². The lowest BCUT2D eigenvalue weighted by atomic mass is 10.2. The molecule has 1 heterocycles. The third kappa shape index (κ3) is 1.88. The van der Waals surface area contributed by atoms with Gasteiger partial charge >= 0.3 is 0 Å². The third-order valence-electron chi connectivity index (χ3n) is 2.35. The number of hydrogen-bond acceptors (Lipinski definition) is 2. The molecule has 0 amide bonds. The standard InChI is InChI=1S/C11H11F2N3/c1-7-5-16(15-11(7)14)6-8-3-2-4-9(12)10(8)13/h2-5H,6H2,1H3,(H2,14,15). The quantitative estimate of drug-likeness (QED) is 0.847. The van der Waals surface area contributed by atoms with Crippen LogP contribution in [0.25, 0.3) is 0 Å². The normalized spacial score (nSPS) is 10.7. The molecule has 0 spiro atoms. The number of aryl methyl sites for hydroxylation is 1. The van der Waals surface area contributed by atoms with Gasteiger partial charge in [-0.25, -0.2) is 8.78 Å². The number of benzene rings is 1. The molecule has 0 saturated heterocycles. The molecule has 2 aromatic rings. The summed E-state index contributed by atoms with van der Waals surface area (Å²) >= 11 is 0. The van der Waals surface area contributed by atoms with Crippen molar-refractivity contribution >= 4 is 5.82 Å². The number of halogens is 2. The van der Waals surface area contributed by atoms with Crippen molar-refractivity contribution in [1.82, 2.24) is 9.78 Å². The Labute approximate surface area is 91.5 Å². The summed E-state index contributed by atoms with van der Waals surface area (Å²) in [6.07, 6.45) is 1.69. The van der Waals surface area contributed by atoms with E-state index in [4.69, 9.17) is 5.73 Å². The van der Waals surface area contributed by atoms with E-state index in [1.54, 1.807) is 13.1 Å². The summed E-state index contributed by atoms with van der Waals surface area (Å²) in [6, 6.07) is 4.07. The highest BCUT2D eigenvalue weighted by Crippen LogP contribution is 2.14. The van der Waals surface area contributed by atoms with E-state index in [2.05, 4.69) is 5.10 Å². The molecule has 0 unspecified atom stereocenters. The summed E-state index contributed by atoms with van der Waals surface area (Å²) in [5.41, 5.74) is 6.63. The Balaban J connectivity index is 2.30. The Morgan fingerprint density at radius 2 is 2.12 bits per heavy atom. The summed E-state index contributed by atoms with van der Waals surface area (Å²) in [7, 11) is 0. The minimum atomic E-state index is -0.852. The van der Waals surface area contributed by atoms with Gasteiger partial charge in [0.1, 0.15) is 5.82 Å². The first kappa shape index (κ1) is 10.6. The Morgan fingerprint density at radius 1 is 1.38 bits per heavy atom. The van der Waals surface area contributed by atoms with Gasteiger partial charge in [-0.3, -0.25) is 4.68 Å². The molecule has 84 valence electrons. The molecule has 0 aliphatic heterocycles. The molecule has 0 atom stereocenters. The first-order valence-corrected chi connectivity index (χ1v) is 4.80. The molecule has 16 heavy (non-hydrogen) atoms. The summed E-state index contributed by atoms with van der Waals surface area (Å²) in [4.78, 5) is 0. The van der Waals surface area contributed by atoms with Crippen LogP contribution in [0.3, 0.4) is 0 Å². The summed E-state index contributed by atoms with van der Waals surface area (Å²) < 4.78 is 27.8. The van der Waals surface area contributed by atoms with Gasteiger partial charge in [-0.05, 0) is 13.0 Å². The molecule has 3 nitrogen and oxygen atoms in total. The molecule has 0 aliphatic carbocycles. The molecule has 5 heteroatoms. The molecule has 0 fully saturated rings. The van der Waals surface area contributed by atoms with Crippen molar-refractivity contribution in [2.75, 3.05) is 5.73 Å². The van der Waals surface area contributed by atoms with E-state index in [1.807, 2.05) is 0 Å². The second-order valence-corrected chi connectivity index (χ2v) is 3.61. The van der Waals surface area contributed by atoms with Crippen molar-refractivity contribution in [2.45, 2.75) is 13.5 Å². The van der Waals surface area contributed by atoms with Gasteiger partial charge in [0, 0.05) is 17.3 Å². The second kappa shape index (κ2) is 3.92. The number of aromatic nitrogens is 2. The van der Waals surface area contributed by atoms with Crippen LogP contribution < -0.4 is 5.73 Å². The monoisotopic (exact) mass is 223 g/mol. The minimum absolute atomic E-state index is 0.168. The number of nitrogens with zero attached hydrogens (tertiary/aromatic N) is 2. The maximum Gasteiger partial charge on any atom is 0.163 e. The predicted octanol–water partition coefficient (Wildman–Crippen LogP) is 2.10. The molecule has 0 saturated carbocycles. The Hall–Kier alpha value is -1.91. The molecular formula is C11H11F2N3. The van der Waals surface area contributed by atoms with E-state index in [1.165, 1.54) is 16.8 Å². The maximum atomic E-state index is 13.3. The SMILES string of the molecule is Cc1cn(Cc2cccc(F)c2F)nc1N. The van der Waals surface area contributed by atoms with Crippen LogP contribution in [0.4, 0.5) is 14.6 Å². The van der Waals surface area contributed by atoms with Crippen LogP contribution in [0.5, 0.6) is 0 Å². The van der Waals surface area contributed by atoms with Gasteiger partial charge in [0.25, 0.3) is 0 Å². The fraction of sp³-hybridized carbons (Fsp3) is 0.182. The fourth-order valence-corrected chi connectivity index (χ4v) is 1.46. The van der Waals surface area contributed by atoms with E-state index in [-0.39, 0.29) is 12.1 Å². The number of anilines is 1. The average Bonchev–Trinajstić information content (AvgIpc) is 2.54. The zero-order valence-electron chi connectivity index (χ0n) is 8.74. The van der Waals surface area contributed by atoms with Gasteiger partial charge in [-0.1, -0.05) is 12.1 Å². The van der Waals surface area contributed by atoms with Gasteiger partial charge < -0.3 is 5.73 Å². The molecular weight excluding hydrogens is 212 g/mol. The van der Waals surface area contributed by atoms with Crippen molar-refractivity contribution < 1.29 is 8.78 Å². The maximum absolute atomic E-state index is 13.3. The van der Waals surface area contributed by atoms with Gasteiger partial charge in [-0.2, -0.15) is 5.10 Å². The number of nitrogen functional groups attached to an aromatic ring is 1. The molecule has 0 radical (unpaired) electrons. The van der Waals surface area contributed by atoms with E-state index in [0.717, 1.165) is 11.6 Å². The average molecular weight is 223 g/mol. The van der Waals surface area contributed by atoms with Gasteiger partial charge in [-0.15, -0.1) is 0 Å². The molecule has 0 aliphatic rings. The molecule has 1 aromatic carbocycles. The van der Waals surface area contributed by atoms with Crippen LogP contribution in [0.1, 0.15) is 11.1 Å². The highest BCUT2D eigenvalue weighted by atomic mass is 19.2. The van der Waals surface area contributed by atoms with Crippen molar-refractivity contribution in [1.29, 1.82) is 0 Å². The lowest BCUT2D eigenvalue weighted by Gasteiger charge is -2.03. The van der Waals surface area contributed by atoms with Crippen LogP contribution in [-0.4, -0.2) is 9.78 Å².